The molecule has 8 heteroatoms. The summed E-state index contributed by atoms with van der Waals surface area (Å²) in [7, 11) is 0. The third-order valence-electron chi connectivity index (χ3n) is 5.26. The van der Waals surface area contributed by atoms with Crippen LogP contribution in [-0.4, -0.2) is 26.4 Å². The minimum Gasteiger partial charge on any atom is -0.457 e. The number of thiophene rings is 1. The number of carbonyl (C=O) groups is 1. The number of aryl methyl sites for hydroxylation is 1. The van der Waals surface area contributed by atoms with Crippen molar-refractivity contribution in [3.05, 3.63) is 82.3 Å². The lowest BCUT2D eigenvalue weighted by Crippen LogP contribution is -2.14. The normalized spacial score (nSPS) is 13.1. The van der Waals surface area contributed by atoms with Crippen LogP contribution in [0.5, 0.6) is 11.5 Å². The van der Waals surface area contributed by atoms with Crippen LogP contribution in [0.15, 0.2) is 71.2 Å². The standard InChI is InChI=1S/C25H24N4O2S2/c1-17-4-2-5-21(14-17)31-20-11-7-18(8-12-20)26-24(30)16-33-25-28-27-23(29(25)19-9-10-19)15-22-6-3-13-32-22/h2-8,11-14,19H,9-10,15-16H2,1H3,(H,26,30). The number of aromatic nitrogens is 3. The Morgan fingerprint density at radius 2 is 1.97 bits per heavy atom. The molecule has 1 saturated carbocycles. The number of carbonyl (C=O) groups excluding carboxylic acids is 1. The highest BCUT2D eigenvalue weighted by Crippen LogP contribution is 2.39. The molecule has 33 heavy (non-hydrogen) atoms. The van der Waals surface area contributed by atoms with E-state index in [0.717, 1.165) is 53.0 Å². The van der Waals surface area contributed by atoms with E-state index in [9.17, 15) is 4.79 Å². The van der Waals surface area contributed by atoms with E-state index in [4.69, 9.17) is 4.74 Å². The molecular formula is C25H24N4O2S2. The molecule has 1 amide bonds. The van der Waals surface area contributed by atoms with E-state index in [2.05, 4.69) is 37.6 Å². The Kier molecular flexibility index (Phi) is 6.46. The fraction of sp³-hybridized carbons (Fsp3) is 0.240. The van der Waals surface area contributed by atoms with E-state index in [-0.39, 0.29) is 11.7 Å². The van der Waals surface area contributed by atoms with Crippen molar-refractivity contribution in [3.63, 3.8) is 0 Å². The molecule has 1 aliphatic rings. The second-order valence-corrected chi connectivity index (χ2v) is 10.0. The first-order valence-corrected chi connectivity index (χ1v) is 12.7. The van der Waals surface area contributed by atoms with E-state index < -0.39 is 0 Å². The van der Waals surface area contributed by atoms with E-state index in [1.165, 1.54) is 16.6 Å². The summed E-state index contributed by atoms with van der Waals surface area (Å²) in [6, 6.07) is 19.9. The molecule has 0 aliphatic heterocycles. The Hall–Kier alpha value is -3.10. The molecule has 0 atom stereocenters. The maximum atomic E-state index is 12.5. The summed E-state index contributed by atoms with van der Waals surface area (Å²) in [5, 5.41) is 14.6. The van der Waals surface area contributed by atoms with Crippen molar-refractivity contribution in [1.29, 1.82) is 0 Å². The Morgan fingerprint density at radius 3 is 2.70 bits per heavy atom. The van der Waals surface area contributed by atoms with Crippen molar-refractivity contribution in [2.24, 2.45) is 0 Å². The summed E-state index contributed by atoms with van der Waals surface area (Å²) in [5.74, 6) is 2.71. The van der Waals surface area contributed by atoms with Crippen LogP contribution in [0.1, 0.15) is 35.1 Å². The zero-order valence-electron chi connectivity index (χ0n) is 18.2. The zero-order chi connectivity index (χ0) is 22.6. The summed E-state index contributed by atoms with van der Waals surface area (Å²) in [6.45, 7) is 2.03. The molecule has 6 nitrogen and oxygen atoms in total. The molecule has 0 radical (unpaired) electrons. The summed E-state index contributed by atoms with van der Waals surface area (Å²) < 4.78 is 8.09. The van der Waals surface area contributed by atoms with Crippen LogP contribution in [-0.2, 0) is 11.2 Å². The largest absolute Gasteiger partial charge is 0.457 e. The number of nitrogens with zero attached hydrogens (tertiary/aromatic N) is 3. The second-order valence-electron chi connectivity index (χ2n) is 8.04. The van der Waals surface area contributed by atoms with Crippen LogP contribution >= 0.6 is 23.1 Å². The predicted octanol–water partition coefficient (Wildman–Crippen LogP) is 6.10. The van der Waals surface area contributed by atoms with E-state index >= 15 is 0 Å². The number of anilines is 1. The van der Waals surface area contributed by atoms with Gasteiger partial charge >= 0.3 is 0 Å². The topological polar surface area (TPSA) is 69.0 Å². The van der Waals surface area contributed by atoms with Gasteiger partial charge in [-0.15, -0.1) is 21.5 Å². The molecule has 2 aromatic carbocycles. The zero-order valence-corrected chi connectivity index (χ0v) is 19.9. The molecule has 4 aromatic rings. The number of nitrogens with one attached hydrogen (secondary N) is 1. The fourth-order valence-electron chi connectivity index (χ4n) is 3.54. The SMILES string of the molecule is Cc1cccc(Oc2ccc(NC(=O)CSc3nnc(Cc4cccs4)n3C3CC3)cc2)c1. The highest BCUT2D eigenvalue weighted by molar-refractivity contribution is 7.99. The van der Waals surface area contributed by atoms with Crippen LogP contribution in [0.4, 0.5) is 5.69 Å². The molecule has 0 bridgehead atoms. The van der Waals surface area contributed by atoms with Crippen molar-refractivity contribution < 1.29 is 9.53 Å². The molecule has 2 heterocycles. The molecule has 0 spiro atoms. The van der Waals surface area contributed by atoms with E-state index in [1.54, 1.807) is 11.3 Å². The average molecular weight is 477 g/mol. The summed E-state index contributed by atoms with van der Waals surface area (Å²) in [4.78, 5) is 13.8. The lowest BCUT2D eigenvalue weighted by Gasteiger charge is -2.10. The smallest absolute Gasteiger partial charge is 0.234 e. The molecule has 1 N–H and O–H groups in total. The molecule has 1 aliphatic carbocycles. The van der Waals surface area contributed by atoms with Crippen molar-refractivity contribution >= 4 is 34.7 Å². The van der Waals surface area contributed by atoms with Crippen LogP contribution in [0, 0.1) is 6.92 Å². The van der Waals surface area contributed by atoms with E-state index in [1.807, 2.05) is 55.5 Å². The predicted molar refractivity (Wildman–Crippen MR) is 132 cm³/mol. The van der Waals surface area contributed by atoms with Gasteiger partial charge in [0.25, 0.3) is 0 Å². The molecule has 1 fully saturated rings. The minimum absolute atomic E-state index is 0.0718. The van der Waals surface area contributed by atoms with Crippen molar-refractivity contribution in [2.75, 3.05) is 11.1 Å². The molecule has 5 rings (SSSR count). The first-order valence-electron chi connectivity index (χ1n) is 10.9. The van der Waals surface area contributed by atoms with Crippen molar-refractivity contribution in [2.45, 2.75) is 37.4 Å². The Morgan fingerprint density at radius 1 is 1.12 bits per heavy atom. The number of hydrogen-bond acceptors (Lipinski definition) is 6. The van der Waals surface area contributed by atoms with Gasteiger partial charge in [-0.05, 0) is 73.2 Å². The molecular weight excluding hydrogens is 452 g/mol. The van der Waals surface area contributed by atoms with Crippen molar-refractivity contribution in [3.8, 4) is 11.5 Å². The maximum absolute atomic E-state index is 12.5. The van der Waals surface area contributed by atoms with Gasteiger partial charge in [-0.2, -0.15) is 0 Å². The summed E-state index contributed by atoms with van der Waals surface area (Å²) in [6.07, 6.45) is 3.07. The minimum atomic E-state index is -0.0718. The van der Waals surface area contributed by atoms with Gasteiger partial charge in [0.05, 0.1) is 5.75 Å². The number of amides is 1. The van der Waals surface area contributed by atoms with Crippen LogP contribution in [0.2, 0.25) is 0 Å². The van der Waals surface area contributed by atoms with Gasteiger partial charge in [0.1, 0.15) is 17.3 Å². The number of hydrogen-bond donors (Lipinski definition) is 1. The van der Waals surface area contributed by atoms with Gasteiger partial charge in [0, 0.05) is 23.0 Å². The average Bonchev–Trinajstić information content (AvgIpc) is 3.35. The second kappa shape index (κ2) is 9.80. The van der Waals surface area contributed by atoms with Crippen LogP contribution in [0.25, 0.3) is 0 Å². The van der Waals surface area contributed by atoms with Gasteiger partial charge in [0.2, 0.25) is 5.91 Å². The van der Waals surface area contributed by atoms with Crippen LogP contribution in [0.3, 0.4) is 0 Å². The van der Waals surface area contributed by atoms with Crippen LogP contribution < -0.4 is 10.1 Å². The lowest BCUT2D eigenvalue weighted by atomic mass is 10.2. The quantitative estimate of drug-likeness (QED) is 0.296. The van der Waals surface area contributed by atoms with Gasteiger partial charge in [-0.1, -0.05) is 30.0 Å². The molecule has 0 unspecified atom stereocenters. The monoisotopic (exact) mass is 476 g/mol. The van der Waals surface area contributed by atoms with E-state index in [0.29, 0.717) is 6.04 Å². The highest BCUT2D eigenvalue weighted by Gasteiger charge is 2.30. The number of ether oxygens (including phenoxy) is 1. The first kappa shape index (κ1) is 21.7. The Bertz CT molecular complexity index is 1230. The summed E-state index contributed by atoms with van der Waals surface area (Å²) in [5.41, 5.74) is 1.88. The maximum Gasteiger partial charge on any atom is 0.234 e. The van der Waals surface area contributed by atoms with Gasteiger partial charge < -0.3 is 14.6 Å². The lowest BCUT2D eigenvalue weighted by molar-refractivity contribution is -0.113. The fourth-order valence-corrected chi connectivity index (χ4v) is 5.07. The van der Waals surface area contributed by atoms with Gasteiger partial charge in [0.15, 0.2) is 5.16 Å². The molecule has 168 valence electrons. The third-order valence-corrected chi connectivity index (χ3v) is 7.07. The first-order chi connectivity index (χ1) is 16.1. The van der Waals surface area contributed by atoms with Gasteiger partial charge in [-0.25, -0.2) is 0 Å². The summed E-state index contributed by atoms with van der Waals surface area (Å²) >= 11 is 3.17. The molecule has 0 saturated heterocycles. The number of benzene rings is 2. The Balaban J connectivity index is 1.17. The third kappa shape index (κ3) is 5.64. The number of thioether (sulfide) groups is 1. The molecule has 2 aromatic heterocycles. The van der Waals surface area contributed by atoms with Crippen molar-refractivity contribution in [1.82, 2.24) is 14.8 Å². The Labute approximate surface area is 201 Å². The van der Waals surface area contributed by atoms with Gasteiger partial charge in [-0.3, -0.25) is 4.79 Å². The number of rotatable bonds is 9. The highest BCUT2D eigenvalue weighted by atomic mass is 32.2.